The number of aromatic nitrogens is 1. The molecular formula is C12H11ClF2N2O2. The van der Waals surface area contributed by atoms with Gasteiger partial charge in [0.1, 0.15) is 6.07 Å². The number of carbonyl (C=O) groups is 1. The molecule has 1 aromatic rings. The average molecular weight is 289 g/mol. The number of hydrogen-bond acceptors (Lipinski definition) is 4. The molecule has 1 rings (SSSR count). The highest BCUT2D eigenvalue weighted by atomic mass is 35.5. The summed E-state index contributed by atoms with van der Waals surface area (Å²) in [6.45, 7) is 1.75. The molecule has 1 heterocycles. The maximum atomic E-state index is 13.0. The summed E-state index contributed by atoms with van der Waals surface area (Å²) in [5, 5.41) is 8.96. The monoisotopic (exact) mass is 288 g/mol. The predicted octanol–water partition coefficient (Wildman–Crippen LogP) is 2.74. The van der Waals surface area contributed by atoms with Gasteiger partial charge in [-0.1, -0.05) is 0 Å². The number of hydrogen-bond donors (Lipinski definition) is 0. The van der Waals surface area contributed by atoms with Crippen LogP contribution in [0.25, 0.3) is 0 Å². The van der Waals surface area contributed by atoms with Crippen molar-refractivity contribution in [2.24, 2.45) is 0 Å². The fraction of sp³-hybridized carbons (Fsp3) is 0.417. The van der Waals surface area contributed by atoms with Gasteiger partial charge in [-0.25, -0.2) is 8.78 Å². The summed E-state index contributed by atoms with van der Waals surface area (Å²) >= 11 is 5.57. The first kappa shape index (κ1) is 15.3. The Kier molecular flexibility index (Phi) is 5.64. The Hall–Kier alpha value is -1.74. The molecule has 0 saturated heterocycles. The van der Waals surface area contributed by atoms with E-state index in [1.54, 1.807) is 13.0 Å². The van der Waals surface area contributed by atoms with Gasteiger partial charge in [-0.2, -0.15) is 5.26 Å². The van der Waals surface area contributed by atoms with Crippen LogP contribution in [0.2, 0.25) is 0 Å². The molecule has 0 aliphatic carbocycles. The number of alkyl halides is 3. The van der Waals surface area contributed by atoms with Gasteiger partial charge < -0.3 is 4.74 Å². The minimum Gasteiger partial charge on any atom is -0.466 e. The van der Waals surface area contributed by atoms with Crippen molar-refractivity contribution < 1.29 is 18.3 Å². The first-order valence-electron chi connectivity index (χ1n) is 5.45. The highest BCUT2D eigenvalue weighted by molar-refractivity contribution is 6.17. The summed E-state index contributed by atoms with van der Waals surface area (Å²) in [5.41, 5.74) is -0.709. The lowest BCUT2D eigenvalue weighted by Gasteiger charge is -2.11. The quantitative estimate of drug-likeness (QED) is 0.617. The first-order valence-corrected chi connectivity index (χ1v) is 5.99. The second kappa shape index (κ2) is 7.00. The second-order valence-corrected chi connectivity index (χ2v) is 3.81. The van der Waals surface area contributed by atoms with E-state index in [1.165, 1.54) is 6.20 Å². The number of pyridine rings is 1. The lowest BCUT2D eigenvalue weighted by Crippen LogP contribution is -2.13. The third-order valence-electron chi connectivity index (χ3n) is 2.37. The maximum Gasteiger partial charge on any atom is 0.311 e. The Labute approximate surface area is 114 Å². The van der Waals surface area contributed by atoms with Crippen LogP contribution >= 0.6 is 11.6 Å². The number of halogens is 3. The van der Waals surface area contributed by atoms with Crippen molar-refractivity contribution in [1.82, 2.24) is 4.98 Å². The molecule has 0 fully saturated rings. The Morgan fingerprint density at radius 1 is 1.63 bits per heavy atom. The molecule has 0 saturated carbocycles. The van der Waals surface area contributed by atoms with Gasteiger partial charge in [-0.15, -0.1) is 11.6 Å². The Balaban J connectivity index is 3.25. The number of nitrogens with zero attached hydrogens (tertiary/aromatic N) is 2. The van der Waals surface area contributed by atoms with Gasteiger partial charge in [0, 0.05) is 11.8 Å². The van der Waals surface area contributed by atoms with Crippen molar-refractivity contribution >= 4 is 17.6 Å². The fourth-order valence-corrected chi connectivity index (χ4v) is 1.77. The minimum atomic E-state index is -2.91. The molecule has 0 atom stereocenters. The predicted molar refractivity (Wildman–Crippen MR) is 63.8 cm³/mol. The zero-order valence-corrected chi connectivity index (χ0v) is 10.9. The molecule has 19 heavy (non-hydrogen) atoms. The molecule has 102 valence electrons. The van der Waals surface area contributed by atoms with Crippen LogP contribution in [0.5, 0.6) is 0 Å². The highest BCUT2D eigenvalue weighted by Crippen LogP contribution is 2.28. The second-order valence-electron chi connectivity index (χ2n) is 3.55. The number of nitriles is 1. The number of rotatable bonds is 5. The normalized spacial score (nSPS) is 10.3. The summed E-state index contributed by atoms with van der Waals surface area (Å²) in [6.07, 6.45) is -2.08. The number of ether oxygens (including phenoxy) is 1. The SMILES string of the molecule is CCOC(=O)Cc1ncc(CCl)c(C#N)c1C(F)F. The van der Waals surface area contributed by atoms with Crippen LogP contribution in [0.1, 0.15) is 35.7 Å². The molecule has 0 amide bonds. The van der Waals surface area contributed by atoms with Crippen LogP contribution < -0.4 is 0 Å². The molecule has 7 heteroatoms. The molecule has 0 aliphatic heterocycles. The third-order valence-corrected chi connectivity index (χ3v) is 2.66. The smallest absolute Gasteiger partial charge is 0.311 e. The van der Waals surface area contributed by atoms with Gasteiger partial charge in [0.2, 0.25) is 0 Å². The van der Waals surface area contributed by atoms with Crippen LogP contribution in [-0.2, 0) is 21.8 Å². The highest BCUT2D eigenvalue weighted by Gasteiger charge is 2.23. The molecule has 0 aliphatic rings. The van der Waals surface area contributed by atoms with Gasteiger partial charge in [0.05, 0.1) is 35.7 Å². The lowest BCUT2D eigenvalue weighted by atomic mass is 10.0. The third kappa shape index (κ3) is 3.61. The van der Waals surface area contributed by atoms with Crippen LogP contribution in [0.15, 0.2) is 6.20 Å². The van der Waals surface area contributed by atoms with Crippen molar-refractivity contribution in [3.05, 3.63) is 28.6 Å². The molecule has 0 N–H and O–H groups in total. The summed E-state index contributed by atoms with van der Waals surface area (Å²) in [5.74, 6) is -0.769. The van der Waals surface area contributed by atoms with Crippen LogP contribution in [0.4, 0.5) is 8.78 Å². The Bertz CT molecular complexity index is 515. The van der Waals surface area contributed by atoms with E-state index in [4.69, 9.17) is 16.9 Å². The first-order chi connectivity index (χ1) is 9.04. The zero-order chi connectivity index (χ0) is 14.4. The fourth-order valence-electron chi connectivity index (χ4n) is 1.57. The van der Waals surface area contributed by atoms with E-state index in [-0.39, 0.29) is 29.3 Å². The average Bonchev–Trinajstić information content (AvgIpc) is 2.37. The van der Waals surface area contributed by atoms with E-state index >= 15 is 0 Å². The van der Waals surface area contributed by atoms with Gasteiger partial charge >= 0.3 is 5.97 Å². The standard InChI is InChI=1S/C12H11ClF2N2O2/c1-2-19-10(18)3-9-11(12(14)15)8(5-16)7(4-13)6-17-9/h6,12H,2-4H2,1H3. The van der Waals surface area contributed by atoms with E-state index in [0.29, 0.717) is 0 Å². The van der Waals surface area contributed by atoms with Crippen LogP contribution in [-0.4, -0.2) is 17.6 Å². The molecule has 0 unspecified atom stereocenters. The Morgan fingerprint density at radius 3 is 2.79 bits per heavy atom. The molecule has 0 radical (unpaired) electrons. The van der Waals surface area contributed by atoms with Crippen molar-refractivity contribution in [3.8, 4) is 6.07 Å². The van der Waals surface area contributed by atoms with Crippen LogP contribution in [0.3, 0.4) is 0 Å². The zero-order valence-electron chi connectivity index (χ0n) is 10.1. The van der Waals surface area contributed by atoms with Crippen molar-refractivity contribution in [2.75, 3.05) is 6.61 Å². The van der Waals surface area contributed by atoms with Gasteiger partial charge in [-0.3, -0.25) is 9.78 Å². The van der Waals surface area contributed by atoms with Crippen LogP contribution in [0, 0.1) is 11.3 Å². The molecular weight excluding hydrogens is 278 g/mol. The largest absolute Gasteiger partial charge is 0.466 e. The summed E-state index contributed by atoms with van der Waals surface area (Å²) in [6, 6.07) is 1.69. The summed E-state index contributed by atoms with van der Waals surface area (Å²) in [4.78, 5) is 15.1. The molecule has 1 aromatic heterocycles. The topological polar surface area (TPSA) is 63.0 Å². The van der Waals surface area contributed by atoms with Gasteiger partial charge in [-0.05, 0) is 6.92 Å². The molecule has 0 bridgehead atoms. The Morgan fingerprint density at radius 2 is 2.32 bits per heavy atom. The van der Waals surface area contributed by atoms with E-state index in [1.807, 2.05) is 0 Å². The van der Waals surface area contributed by atoms with E-state index in [2.05, 4.69) is 9.72 Å². The minimum absolute atomic E-state index is 0.102. The lowest BCUT2D eigenvalue weighted by molar-refractivity contribution is -0.142. The van der Waals surface area contributed by atoms with Gasteiger partial charge in [0.25, 0.3) is 6.43 Å². The molecule has 0 spiro atoms. The van der Waals surface area contributed by atoms with Crippen molar-refractivity contribution in [1.29, 1.82) is 5.26 Å². The molecule has 0 aromatic carbocycles. The van der Waals surface area contributed by atoms with Crippen molar-refractivity contribution in [3.63, 3.8) is 0 Å². The summed E-state index contributed by atoms with van der Waals surface area (Å²) < 4.78 is 30.8. The van der Waals surface area contributed by atoms with E-state index < -0.39 is 24.4 Å². The molecule has 4 nitrogen and oxygen atoms in total. The van der Waals surface area contributed by atoms with Crippen molar-refractivity contribution in [2.45, 2.75) is 25.7 Å². The summed E-state index contributed by atoms with van der Waals surface area (Å²) in [7, 11) is 0. The number of esters is 1. The van der Waals surface area contributed by atoms with E-state index in [0.717, 1.165) is 0 Å². The van der Waals surface area contributed by atoms with E-state index in [9.17, 15) is 13.6 Å². The number of carbonyl (C=O) groups excluding carboxylic acids is 1. The van der Waals surface area contributed by atoms with Gasteiger partial charge in [0.15, 0.2) is 0 Å². The maximum absolute atomic E-state index is 13.0.